The number of aromatic carboxylic acids is 1. The lowest BCUT2D eigenvalue weighted by Crippen LogP contribution is -2.07. The molecule has 0 fully saturated rings. The van der Waals surface area contributed by atoms with Crippen molar-refractivity contribution in [3.8, 4) is 0 Å². The lowest BCUT2D eigenvalue weighted by atomic mass is 10.1. The lowest BCUT2D eigenvalue weighted by Gasteiger charge is -2.07. The molecule has 2 aromatic rings. The van der Waals surface area contributed by atoms with Crippen molar-refractivity contribution in [1.29, 1.82) is 0 Å². The molecule has 1 N–H and O–H groups in total. The van der Waals surface area contributed by atoms with Gasteiger partial charge in [-0.2, -0.15) is 5.10 Å². The van der Waals surface area contributed by atoms with E-state index in [1.165, 1.54) is 12.1 Å². The first-order valence-electron chi connectivity index (χ1n) is 7.21. The Balaban J connectivity index is 1.98. The fourth-order valence-corrected chi connectivity index (χ4v) is 2.91. The first kappa shape index (κ1) is 13.8. The van der Waals surface area contributed by atoms with Crippen LogP contribution in [0.4, 0.5) is 4.39 Å². The topological polar surface area (TPSA) is 55.1 Å². The van der Waals surface area contributed by atoms with Gasteiger partial charge in [0.15, 0.2) is 5.69 Å². The van der Waals surface area contributed by atoms with Gasteiger partial charge in [-0.1, -0.05) is 18.6 Å². The van der Waals surface area contributed by atoms with Crippen molar-refractivity contribution in [3.05, 3.63) is 52.6 Å². The van der Waals surface area contributed by atoms with Crippen LogP contribution in [-0.4, -0.2) is 20.9 Å². The second-order valence-corrected chi connectivity index (χ2v) is 5.42. The van der Waals surface area contributed by atoms with E-state index in [-0.39, 0.29) is 11.5 Å². The Kier molecular flexibility index (Phi) is 3.73. The van der Waals surface area contributed by atoms with E-state index in [2.05, 4.69) is 5.10 Å². The number of rotatable bonds is 3. The number of carboxylic acid groups (broad SMARTS) is 1. The Bertz CT molecular complexity index is 662. The summed E-state index contributed by atoms with van der Waals surface area (Å²) in [7, 11) is 0. The maximum atomic E-state index is 13.0. The summed E-state index contributed by atoms with van der Waals surface area (Å²) in [5.41, 5.74) is 2.99. The SMILES string of the molecule is O=C(O)c1nn(Cc2ccc(F)cc2)c2c1CCCCC2. The maximum absolute atomic E-state index is 13.0. The van der Waals surface area contributed by atoms with E-state index < -0.39 is 5.97 Å². The summed E-state index contributed by atoms with van der Waals surface area (Å²) in [5, 5.41) is 13.6. The molecule has 4 nitrogen and oxygen atoms in total. The highest BCUT2D eigenvalue weighted by Gasteiger charge is 2.23. The van der Waals surface area contributed by atoms with Gasteiger partial charge in [0.2, 0.25) is 0 Å². The molecule has 110 valence electrons. The Morgan fingerprint density at radius 1 is 1.19 bits per heavy atom. The van der Waals surface area contributed by atoms with Gasteiger partial charge in [0.25, 0.3) is 0 Å². The molecular formula is C16H17FN2O2. The largest absolute Gasteiger partial charge is 0.476 e. The zero-order valence-electron chi connectivity index (χ0n) is 11.7. The van der Waals surface area contributed by atoms with Crippen LogP contribution in [0.1, 0.15) is 46.6 Å². The predicted octanol–water partition coefficient (Wildman–Crippen LogP) is 3.04. The molecule has 1 heterocycles. The summed E-state index contributed by atoms with van der Waals surface area (Å²) in [5.74, 6) is -1.24. The number of fused-ring (bicyclic) bond motifs is 1. The first-order valence-corrected chi connectivity index (χ1v) is 7.21. The fourth-order valence-electron chi connectivity index (χ4n) is 2.91. The zero-order valence-corrected chi connectivity index (χ0v) is 11.7. The van der Waals surface area contributed by atoms with Crippen molar-refractivity contribution in [2.24, 2.45) is 0 Å². The van der Waals surface area contributed by atoms with Crippen molar-refractivity contribution < 1.29 is 14.3 Å². The van der Waals surface area contributed by atoms with Crippen LogP contribution >= 0.6 is 0 Å². The Morgan fingerprint density at radius 3 is 2.62 bits per heavy atom. The van der Waals surface area contributed by atoms with Crippen LogP contribution in [0, 0.1) is 5.82 Å². The van der Waals surface area contributed by atoms with Gasteiger partial charge in [0.1, 0.15) is 5.82 Å². The minimum Gasteiger partial charge on any atom is -0.476 e. The molecule has 0 radical (unpaired) electrons. The summed E-state index contributed by atoms with van der Waals surface area (Å²) in [4.78, 5) is 11.4. The van der Waals surface area contributed by atoms with Gasteiger partial charge >= 0.3 is 5.97 Å². The van der Waals surface area contributed by atoms with E-state index in [1.807, 2.05) is 0 Å². The molecule has 0 saturated carbocycles. The Hall–Kier alpha value is -2.17. The average Bonchev–Trinajstić information content (AvgIpc) is 2.65. The summed E-state index contributed by atoms with van der Waals surface area (Å²) in [6.45, 7) is 0.482. The van der Waals surface area contributed by atoms with Crippen molar-refractivity contribution in [1.82, 2.24) is 9.78 Å². The number of nitrogens with zero attached hydrogens (tertiary/aromatic N) is 2. The van der Waals surface area contributed by atoms with Crippen molar-refractivity contribution in [2.75, 3.05) is 0 Å². The van der Waals surface area contributed by atoms with E-state index in [9.17, 15) is 14.3 Å². The van der Waals surface area contributed by atoms with Crippen LogP contribution in [0.5, 0.6) is 0 Å². The van der Waals surface area contributed by atoms with E-state index in [0.29, 0.717) is 6.54 Å². The summed E-state index contributed by atoms with van der Waals surface area (Å²) < 4.78 is 14.7. The second kappa shape index (κ2) is 5.68. The van der Waals surface area contributed by atoms with Gasteiger partial charge in [0.05, 0.1) is 6.54 Å². The molecule has 21 heavy (non-hydrogen) atoms. The number of benzene rings is 1. The Labute approximate surface area is 122 Å². The highest BCUT2D eigenvalue weighted by atomic mass is 19.1. The van der Waals surface area contributed by atoms with E-state index in [0.717, 1.165) is 48.9 Å². The highest BCUT2D eigenvalue weighted by Crippen LogP contribution is 2.24. The number of hydrogen-bond donors (Lipinski definition) is 1. The molecule has 1 aromatic carbocycles. The molecule has 0 unspecified atom stereocenters. The molecule has 1 aliphatic rings. The number of carboxylic acids is 1. The van der Waals surface area contributed by atoms with Crippen molar-refractivity contribution in [3.63, 3.8) is 0 Å². The molecule has 0 spiro atoms. The van der Waals surface area contributed by atoms with E-state index in [4.69, 9.17) is 0 Å². The van der Waals surface area contributed by atoms with Gasteiger partial charge in [-0.3, -0.25) is 4.68 Å². The smallest absolute Gasteiger partial charge is 0.356 e. The minimum atomic E-state index is -0.967. The van der Waals surface area contributed by atoms with Crippen LogP contribution in [-0.2, 0) is 19.4 Å². The quantitative estimate of drug-likeness (QED) is 0.883. The Morgan fingerprint density at radius 2 is 1.90 bits per heavy atom. The molecule has 1 aromatic heterocycles. The zero-order chi connectivity index (χ0) is 14.8. The molecular weight excluding hydrogens is 271 g/mol. The number of hydrogen-bond acceptors (Lipinski definition) is 2. The molecule has 3 rings (SSSR count). The van der Waals surface area contributed by atoms with Crippen molar-refractivity contribution in [2.45, 2.75) is 38.6 Å². The summed E-state index contributed by atoms with van der Waals surface area (Å²) in [6.07, 6.45) is 4.82. The summed E-state index contributed by atoms with van der Waals surface area (Å²) in [6, 6.07) is 6.24. The second-order valence-electron chi connectivity index (χ2n) is 5.42. The molecule has 5 heteroatoms. The van der Waals surface area contributed by atoms with Gasteiger partial charge in [-0.15, -0.1) is 0 Å². The average molecular weight is 288 g/mol. The molecule has 0 atom stereocenters. The third kappa shape index (κ3) is 2.82. The summed E-state index contributed by atoms with van der Waals surface area (Å²) >= 11 is 0. The van der Waals surface area contributed by atoms with Crippen LogP contribution in [0.25, 0.3) is 0 Å². The number of halogens is 1. The molecule has 0 aliphatic heterocycles. The molecule has 0 saturated heterocycles. The van der Waals surface area contributed by atoms with Crippen LogP contribution in [0.2, 0.25) is 0 Å². The predicted molar refractivity (Wildman–Crippen MR) is 75.9 cm³/mol. The first-order chi connectivity index (χ1) is 10.1. The molecule has 0 bridgehead atoms. The van der Waals surface area contributed by atoms with Crippen LogP contribution < -0.4 is 0 Å². The molecule has 1 aliphatic carbocycles. The molecule has 0 amide bonds. The third-order valence-corrected chi connectivity index (χ3v) is 3.96. The normalized spacial score (nSPS) is 14.5. The van der Waals surface area contributed by atoms with Gasteiger partial charge in [0, 0.05) is 11.3 Å². The number of aromatic nitrogens is 2. The highest BCUT2D eigenvalue weighted by molar-refractivity contribution is 5.87. The standard InChI is InChI=1S/C16H17FN2O2/c17-12-8-6-11(7-9-12)10-19-14-5-3-1-2-4-13(14)15(18-19)16(20)21/h6-9H,1-5,10H2,(H,20,21). The van der Waals surface area contributed by atoms with Gasteiger partial charge in [-0.25, -0.2) is 9.18 Å². The maximum Gasteiger partial charge on any atom is 0.356 e. The van der Waals surface area contributed by atoms with Gasteiger partial charge in [-0.05, 0) is 43.4 Å². The minimum absolute atomic E-state index is 0.175. The van der Waals surface area contributed by atoms with Crippen LogP contribution in [0.15, 0.2) is 24.3 Å². The van der Waals surface area contributed by atoms with Crippen molar-refractivity contribution >= 4 is 5.97 Å². The lowest BCUT2D eigenvalue weighted by molar-refractivity contribution is 0.0688. The van der Waals surface area contributed by atoms with E-state index in [1.54, 1.807) is 16.8 Å². The van der Waals surface area contributed by atoms with Gasteiger partial charge < -0.3 is 5.11 Å². The number of carbonyl (C=O) groups is 1. The van der Waals surface area contributed by atoms with Crippen LogP contribution in [0.3, 0.4) is 0 Å². The monoisotopic (exact) mass is 288 g/mol. The fraction of sp³-hybridized carbons (Fsp3) is 0.375. The van der Waals surface area contributed by atoms with E-state index >= 15 is 0 Å². The third-order valence-electron chi connectivity index (χ3n) is 3.96.